The van der Waals surface area contributed by atoms with E-state index in [1.165, 1.54) is 28.0 Å². The molecule has 0 radical (unpaired) electrons. The summed E-state index contributed by atoms with van der Waals surface area (Å²) in [5, 5.41) is 6.64. The van der Waals surface area contributed by atoms with E-state index < -0.39 is 87.2 Å². The molecule has 0 bridgehead atoms. The monoisotopic (exact) mass is 597 g/mol. The number of halogens is 5. The van der Waals surface area contributed by atoms with Crippen molar-refractivity contribution < 1.29 is 40.4 Å². The number of hydrogen-bond donors (Lipinski definition) is 2. The number of nitrogens with two attached hydrogens (primary N) is 1. The number of hydrogen-bond acceptors (Lipinski definition) is 8. The highest BCUT2D eigenvalue weighted by Crippen LogP contribution is 2.43. The van der Waals surface area contributed by atoms with Gasteiger partial charge in [0, 0.05) is 43.6 Å². The number of aromatic nitrogens is 4. The molecule has 42 heavy (non-hydrogen) atoms. The summed E-state index contributed by atoms with van der Waals surface area (Å²) < 4.78 is 97.2. The molecule has 0 unspecified atom stereocenters. The third-order valence-electron chi connectivity index (χ3n) is 7.77. The van der Waals surface area contributed by atoms with Gasteiger partial charge in [0.2, 0.25) is 17.7 Å². The van der Waals surface area contributed by atoms with Crippen molar-refractivity contribution in [3.05, 3.63) is 35.8 Å². The van der Waals surface area contributed by atoms with Crippen LogP contribution in [0.3, 0.4) is 0 Å². The van der Waals surface area contributed by atoms with Gasteiger partial charge in [-0.05, 0) is 17.7 Å². The minimum atomic E-state index is -3.01. The topological polar surface area (TPSA) is 131 Å². The fourth-order valence-corrected chi connectivity index (χ4v) is 5.69. The number of nitrogens with zero attached hydrogens (tertiary/aromatic N) is 6. The van der Waals surface area contributed by atoms with Crippen LogP contribution in [0.25, 0.3) is 16.8 Å². The van der Waals surface area contributed by atoms with E-state index in [0.717, 1.165) is 4.90 Å². The number of nitrogens with one attached hydrogen (secondary N) is 1. The fourth-order valence-electron chi connectivity index (χ4n) is 5.69. The lowest BCUT2D eigenvalue weighted by Gasteiger charge is -2.38. The number of amides is 2. The predicted molar refractivity (Wildman–Crippen MR) is 138 cm³/mol. The second kappa shape index (κ2) is 10.0. The van der Waals surface area contributed by atoms with E-state index in [-0.39, 0.29) is 30.0 Å². The Morgan fingerprint density at radius 2 is 1.93 bits per heavy atom. The number of likely N-dealkylation sites (tertiary alicyclic amines) is 2. The summed E-state index contributed by atoms with van der Waals surface area (Å²) in [5.41, 5.74) is 7.06. The molecule has 3 N–H and O–H groups in total. The zero-order valence-corrected chi connectivity index (χ0v) is 21.9. The van der Waals surface area contributed by atoms with Crippen LogP contribution >= 0.6 is 0 Å². The maximum atomic E-state index is 15.0. The number of fused-ring (bicyclic) bond motifs is 1. The summed E-state index contributed by atoms with van der Waals surface area (Å²) >= 11 is 0. The average Bonchev–Trinajstić information content (AvgIpc) is 3.46. The number of carbonyl (C=O) groups is 2. The first-order valence-corrected chi connectivity index (χ1v) is 13.0. The molecule has 3 aliphatic rings. The van der Waals surface area contributed by atoms with Crippen LogP contribution in [0.2, 0.25) is 0 Å². The Bertz CT molecular complexity index is 1660. The summed E-state index contributed by atoms with van der Waals surface area (Å²) in [6.45, 7) is -1.51. The third kappa shape index (κ3) is 5.07. The molecule has 224 valence electrons. The van der Waals surface area contributed by atoms with E-state index in [2.05, 4.69) is 20.4 Å². The standard InChI is InChI=1S/C26H27F5N8O3/c1-42-23-16(22(40)36-18-9-38(8-17(18)27)24(41)15-4-25(28,29)5-15)2-13(6-33-23)19-3-14(7-37-10-26(30,31)11-37)20-21(32)34-12-35-39(19)20/h2-3,6,12,15,17-18H,4-5,7-11H2,1H3,(H,36,40)(H2,32,34,35)/t17-,18+/m0/s1/i1D3. The van der Waals surface area contributed by atoms with Gasteiger partial charge in [0.15, 0.2) is 5.82 Å². The van der Waals surface area contributed by atoms with E-state index in [1.807, 2.05) is 0 Å². The van der Waals surface area contributed by atoms with Crippen LogP contribution < -0.4 is 15.8 Å². The van der Waals surface area contributed by atoms with Gasteiger partial charge in [-0.2, -0.15) is 5.10 Å². The number of pyridine rings is 1. The summed E-state index contributed by atoms with van der Waals surface area (Å²) in [7, 11) is -3.01. The number of carbonyl (C=O) groups excluding carboxylic acids is 2. The van der Waals surface area contributed by atoms with Crippen LogP contribution in [0.1, 0.15) is 32.9 Å². The molecule has 6 rings (SSSR count). The Morgan fingerprint density at radius 3 is 2.62 bits per heavy atom. The number of nitrogen functional groups attached to an aromatic ring is 1. The van der Waals surface area contributed by atoms with E-state index in [9.17, 15) is 31.5 Å². The molecule has 0 aromatic carbocycles. The van der Waals surface area contributed by atoms with E-state index >= 15 is 0 Å². The highest BCUT2D eigenvalue weighted by atomic mass is 19.3. The largest absolute Gasteiger partial charge is 0.480 e. The fraction of sp³-hybridized carbons (Fsp3) is 0.500. The molecular formula is C26H27F5N8O3. The highest BCUT2D eigenvalue weighted by molar-refractivity contribution is 5.98. The Labute approximate surface area is 240 Å². The van der Waals surface area contributed by atoms with Crippen molar-refractivity contribution in [2.45, 2.75) is 43.4 Å². The minimum absolute atomic E-state index is 0.0618. The maximum Gasteiger partial charge on any atom is 0.272 e. The van der Waals surface area contributed by atoms with Crippen LogP contribution in [0.15, 0.2) is 24.7 Å². The van der Waals surface area contributed by atoms with Gasteiger partial charge in [0.25, 0.3) is 11.8 Å². The predicted octanol–water partition coefficient (Wildman–Crippen LogP) is 2.16. The van der Waals surface area contributed by atoms with Crippen LogP contribution in [-0.2, 0) is 11.3 Å². The molecule has 3 aromatic heterocycles. The molecule has 16 heteroatoms. The van der Waals surface area contributed by atoms with Crippen molar-refractivity contribution in [1.29, 1.82) is 0 Å². The zero-order valence-electron chi connectivity index (χ0n) is 24.9. The Morgan fingerprint density at radius 1 is 1.17 bits per heavy atom. The summed E-state index contributed by atoms with van der Waals surface area (Å²) in [5.74, 6) is -8.81. The highest BCUT2D eigenvalue weighted by Gasteiger charge is 2.51. The van der Waals surface area contributed by atoms with Crippen molar-refractivity contribution in [2.75, 3.05) is 39.0 Å². The molecule has 11 nitrogen and oxygen atoms in total. The lowest BCUT2D eigenvalue weighted by Crippen LogP contribution is -2.55. The molecule has 2 amide bonds. The van der Waals surface area contributed by atoms with Crippen molar-refractivity contribution in [1.82, 2.24) is 34.7 Å². The van der Waals surface area contributed by atoms with Crippen LogP contribution in [0, 0.1) is 5.92 Å². The van der Waals surface area contributed by atoms with Crippen LogP contribution in [0.4, 0.5) is 27.8 Å². The number of alkyl halides is 5. The normalized spacial score (nSPS) is 24.8. The second-order valence-corrected chi connectivity index (χ2v) is 10.9. The van der Waals surface area contributed by atoms with E-state index in [0.29, 0.717) is 16.8 Å². The number of methoxy groups -OCH3 is 1. The van der Waals surface area contributed by atoms with Crippen LogP contribution in [0.5, 0.6) is 5.88 Å². The van der Waals surface area contributed by atoms with Crippen molar-refractivity contribution in [3.63, 3.8) is 0 Å². The molecule has 0 spiro atoms. The first kappa shape index (κ1) is 24.5. The molecule has 3 aromatic rings. The maximum absolute atomic E-state index is 15.0. The lowest BCUT2D eigenvalue weighted by atomic mass is 9.80. The van der Waals surface area contributed by atoms with Crippen molar-refractivity contribution in [2.24, 2.45) is 5.92 Å². The Hall–Kier alpha value is -4.08. The Balaban J connectivity index is 1.28. The van der Waals surface area contributed by atoms with Gasteiger partial charge in [0.1, 0.15) is 23.6 Å². The summed E-state index contributed by atoms with van der Waals surface area (Å²) in [6, 6.07) is 1.61. The second-order valence-electron chi connectivity index (χ2n) is 10.9. The summed E-state index contributed by atoms with van der Waals surface area (Å²) in [4.78, 5) is 36.6. The van der Waals surface area contributed by atoms with Gasteiger partial charge in [-0.25, -0.2) is 36.4 Å². The molecule has 5 heterocycles. The zero-order chi connectivity index (χ0) is 32.5. The molecule has 2 saturated heterocycles. The molecule has 2 atom stereocenters. The molecule has 1 saturated carbocycles. The third-order valence-corrected chi connectivity index (χ3v) is 7.77. The summed E-state index contributed by atoms with van der Waals surface area (Å²) in [6.07, 6.45) is -0.599. The number of rotatable bonds is 7. The number of ether oxygens (including phenoxy) is 1. The van der Waals surface area contributed by atoms with E-state index in [1.54, 1.807) is 6.07 Å². The van der Waals surface area contributed by atoms with Gasteiger partial charge in [-0.15, -0.1) is 0 Å². The van der Waals surface area contributed by atoms with Crippen molar-refractivity contribution >= 4 is 23.1 Å². The first-order valence-electron chi connectivity index (χ1n) is 14.5. The van der Waals surface area contributed by atoms with Gasteiger partial charge >= 0.3 is 0 Å². The molecular weight excluding hydrogens is 567 g/mol. The molecule has 3 fully saturated rings. The Kier molecular flexibility index (Phi) is 5.85. The van der Waals surface area contributed by atoms with E-state index in [4.69, 9.17) is 14.6 Å². The van der Waals surface area contributed by atoms with Crippen molar-refractivity contribution in [3.8, 4) is 17.1 Å². The quantitative estimate of drug-likeness (QED) is 0.397. The number of anilines is 1. The van der Waals surface area contributed by atoms with Gasteiger partial charge in [-0.1, -0.05) is 0 Å². The average molecular weight is 598 g/mol. The van der Waals surface area contributed by atoms with Gasteiger partial charge < -0.3 is 20.7 Å². The smallest absolute Gasteiger partial charge is 0.272 e. The molecule has 2 aliphatic heterocycles. The minimum Gasteiger partial charge on any atom is -0.480 e. The van der Waals surface area contributed by atoms with Crippen LogP contribution in [-0.4, -0.2) is 98.5 Å². The SMILES string of the molecule is [2H]C([2H])([2H])Oc1ncc(-c2cc(CN3CC(F)(F)C3)c3c(N)ncnn23)cc1C(=O)N[C@@H]1CN(C(=O)C2CC(F)(F)C2)C[C@@H]1F. The van der Waals surface area contributed by atoms with Gasteiger partial charge in [0.05, 0.1) is 42.5 Å². The lowest BCUT2D eigenvalue weighted by molar-refractivity contribution is -0.159. The first-order chi connectivity index (χ1) is 21.0. The van der Waals surface area contributed by atoms with Gasteiger partial charge in [-0.3, -0.25) is 14.5 Å². The molecule has 1 aliphatic carbocycles.